The van der Waals surface area contributed by atoms with Gasteiger partial charge in [0.15, 0.2) is 0 Å². The number of ether oxygens (including phenoxy) is 2. The quantitative estimate of drug-likeness (QED) is 0.785. The largest absolute Gasteiger partial charge is 0.383 e. The molecular weight excluding hydrogens is 260 g/mol. The van der Waals surface area contributed by atoms with Gasteiger partial charge in [0.1, 0.15) is 5.69 Å². The fourth-order valence-corrected chi connectivity index (χ4v) is 2.16. The predicted octanol–water partition coefficient (Wildman–Crippen LogP) is 0.434. The average molecular weight is 282 g/mol. The molecule has 0 fully saturated rings. The van der Waals surface area contributed by atoms with Crippen molar-refractivity contribution in [3.8, 4) is 0 Å². The van der Waals surface area contributed by atoms with Crippen molar-refractivity contribution >= 4 is 11.9 Å². The van der Waals surface area contributed by atoms with Crippen molar-refractivity contribution in [1.82, 2.24) is 14.5 Å². The maximum absolute atomic E-state index is 12.5. The highest BCUT2D eigenvalue weighted by Crippen LogP contribution is 2.15. The van der Waals surface area contributed by atoms with Crippen LogP contribution in [0.1, 0.15) is 16.9 Å². The summed E-state index contributed by atoms with van der Waals surface area (Å²) in [6, 6.07) is 0. The van der Waals surface area contributed by atoms with E-state index in [4.69, 9.17) is 9.47 Å². The number of anilines is 1. The number of hydrogen-bond acceptors (Lipinski definition) is 5. The summed E-state index contributed by atoms with van der Waals surface area (Å²) in [6.07, 6.45) is 2.87. The molecule has 20 heavy (non-hydrogen) atoms. The summed E-state index contributed by atoms with van der Waals surface area (Å²) in [6.45, 7) is 3.88. The van der Waals surface area contributed by atoms with E-state index in [1.54, 1.807) is 19.1 Å². The fourth-order valence-electron chi connectivity index (χ4n) is 2.16. The van der Waals surface area contributed by atoms with Crippen LogP contribution in [0.15, 0.2) is 6.20 Å². The van der Waals surface area contributed by atoms with Crippen LogP contribution in [0.5, 0.6) is 0 Å². The Morgan fingerprint density at radius 3 is 2.70 bits per heavy atom. The molecule has 2 rings (SSSR count). The van der Waals surface area contributed by atoms with Gasteiger partial charge in [-0.05, 0) is 6.42 Å². The topological polar surface area (TPSA) is 68.6 Å². The van der Waals surface area contributed by atoms with Gasteiger partial charge in [0.05, 0.1) is 13.2 Å². The van der Waals surface area contributed by atoms with E-state index in [9.17, 15) is 4.79 Å². The monoisotopic (exact) mass is 282 g/mol. The number of imidazole rings is 1. The number of aromatic nitrogens is 2. The molecule has 0 aromatic carbocycles. The molecule has 0 radical (unpaired) electrons. The molecule has 7 heteroatoms. The first-order valence-corrected chi connectivity index (χ1v) is 6.84. The van der Waals surface area contributed by atoms with Crippen LogP contribution in [0.4, 0.5) is 5.95 Å². The molecule has 1 N–H and O–H groups in total. The Balaban J connectivity index is 2.07. The fraction of sp³-hybridized carbons (Fsp3) is 0.692. The first-order valence-electron chi connectivity index (χ1n) is 6.84. The van der Waals surface area contributed by atoms with Crippen LogP contribution in [-0.2, 0) is 16.0 Å². The Labute approximate surface area is 118 Å². The van der Waals surface area contributed by atoms with Gasteiger partial charge in [-0.15, -0.1) is 0 Å². The maximum atomic E-state index is 12.5. The summed E-state index contributed by atoms with van der Waals surface area (Å²) in [5.41, 5.74) is 0.474. The molecule has 1 aromatic rings. The lowest BCUT2D eigenvalue weighted by Gasteiger charge is -2.20. The number of fused-ring (bicyclic) bond motifs is 1. The number of rotatable bonds is 7. The second kappa shape index (κ2) is 7.25. The van der Waals surface area contributed by atoms with Crippen molar-refractivity contribution in [1.29, 1.82) is 0 Å². The third kappa shape index (κ3) is 3.49. The maximum Gasteiger partial charge on any atom is 0.274 e. The minimum absolute atomic E-state index is 0.0807. The first kappa shape index (κ1) is 14.8. The van der Waals surface area contributed by atoms with Crippen molar-refractivity contribution in [2.45, 2.75) is 13.0 Å². The van der Waals surface area contributed by atoms with Gasteiger partial charge in [-0.3, -0.25) is 4.79 Å². The zero-order chi connectivity index (χ0) is 14.4. The Morgan fingerprint density at radius 2 is 2.10 bits per heavy atom. The van der Waals surface area contributed by atoms with Crippen LogP contribution in [0, 0.1) is 0 Å². The molecule has 1 amide bonds. The molecule has 7 nitrogen and oxygen atoms in total. The van der Waals surface area contributed by atoms with Gasteiger partial charge in [0.2, 0.25) is 5.95 Å². The Morgan fingerprint density at radius 1 is 1.40 bits per heavy atom. The standard InChI is InChI=1S/C13H22N4O3/c1-19-8-6-16(7-9-20-2)12(18)11-10-17-5-3-4-14-13(17)15-11/h10H,3-9H2,1-2H3,(H,14,15). The average Bonchev–Trinajstić information content (AvgIpc) is 2.90. The van der Waals surface area contributed by atoms with Crippen molar-refractivity contribution in [2.24, 2.45) is 0 Å². The van der Waals surface area contributed by atoms with E-state index in [-0.39, 0.29) is 5.91 Å². The van der Waals surface area contributed by atoms with E-state index in [2.05, 4.69) is 10.3 Å². The third-order valence-electron chi connectivity index (χ3n) is 3.27. The number of carbonyl (C=O) groups excluding carboxylic acids is 1. The summed E-state index contributed by atoms with van der Waals surface area (Å²) in [5, 5.41) is 3.19. The Bertz CT molecular complexity index is 415. The predicted molar refractivity (Wildman–Crippen MR) is 75.0 cm³/mol. The van der Waals surface area contributed by atoms with Crippen LogP contribution in [-0.4, -0.2) is 67.4 Å². The number of hydrogen-bond donors (Lipinski definition) is 1. The van der Waals surface area contributed by atoms with Gasteiger partial charge in [-0.1, -0.05) is 0 Å². The molecule has 1 aliphatic heterocycles. The molecule has 0 unspecified atom stereocenters. The van der Waals surface area contributed by atoms with Crippen LogP contribution < -0.4 is 5.32 Å². The SMILES string of the molecule is COCCN(CCOC)C(=O)c1cn2c(n1)NCCC2. The van der Waals surface area contributed by atoms with Gasteiger partial charge in [0, 0.05) is 46.6 Å². The molecule has 0 spiro atoms. The summed E-state index contributed by atoms with van der Waals surface area (Å²) in [4.78, 5) is 18.6. The molecule has 0 bridgehead atoms. The lowest BCUT2D eigenvalue weighted by Crippen LogP contribution is -2.36. The van der Waals surface area contributed by atoms with Crippen molar-refractivity contribution in [2.75, 3.05) is 52.4 Å². The van der Waals surface area contributed by atoms with E-state index < -0.39 is 0 Å². The van der Waals surface area contributed by atoms with Gasteiger partial charge in [-0.2, -0.15) is 0 Å². The Kier molecular flexibility index (Phi) is 5.37. The van der Waals surface area contributed by atoms with Gasteiger partial charge >= 0.3 is 0 Å². The number of methoxy groups -OCH3 is 2. The van der Waals surface area contributed by atoms with E-state index in [0.29, 0.717) is 32.0 Å². The first-order chi connectivity index (χ1) is 9.76. The third-order valence-corrected chi connectivity index (χ3v) is 3.27. The lowest BCUT2D eigenvalue weighted by molar-refractivity contribution is 0.0622. The molecular formula is C13H22N4O3. The summed E-state index contributed by atoms with van der Waals surface area (Å²) < 4.78 is 12.1. The smallest absolute Gasteiger partial charge is 0.274 e. The molecule has 1 aromatic heterocycles. The normalized spacial score (nSPS) is 13.7. The van der Waals surface area contributed by atoms with Crippen LogP contribution >= 0.6 is 0 Å². The Hall–Kier alpha value is -1.60. The minimum atomic E-state index is -0.0807. The number of aryl methyl sites for hydroxylation is 1. The molecule has 0 saturated carbocycles. The summed E-state index contributed by atoms with van der Waals surface area (Å²) in [7, 11) is 3.25. The second-order valence-corrected chi connectivity index (χ2v) is 4.70. The highest BCUT2D eigenvalue weighted by atomic mass is 16.5. The molecule has 1 aliphatic rings. The minimum Gasteiger partial charge on any atom is -0.383 e. The molecule has 0 aliphatic carbocycles. The van der Waals surface area contributed by atoms with Gasteiger partial charge in [0.25, 0.3) is 5.91 Å². The van der Waals surface area contributed by atoms with Gasteiger partial charge < -0.3 is 24.3 Å². The van der Waals surface area contributed by atoms with Crippen LogP contribution in [0.2, 0.25) is 0 Å². The molecule has 0 atom stereocenters. The van der Waals surface area contributed by atoms with E-state index in [1.807, 2.05) is 10.8 Å². The van der Waals surface area contributed by atoms with Crippen molar-refractivity contribution in [3.63, 3.8) is 0 Å². The number of nitrogens with zero attached hydrogens (tertiary/aromatic N) is 3. The van der Waals surface area contributed by atoms with Crippen molar-refractivity contribution in [3.05, 3.63) is 11.9 Å². The van der Waals surface area contributed by atoms with Gasteiger partial charge in [-0.25, -0.2) is 4.98 Å². The zero-order valence-corrected chi connectivity index (χ0v) is 12.1. The molecule has 2 heterocycles. The highest BCUT2D eigenvalue weighted by molar-refractivity contribution is 5.92. The van der Waals surface area contributed by atoms with E-state index in [1.165, 1.54) is 0 Å². The van der Waals surface area contributed by atoms with Crippen LogP contribution in [0.25, 0.3) is 0 Å². The highest BCUT2D eigenvalue weighted by Gasteiger charge is 2.21. The number of amides is 1. The van der Waals surface area contributed by atoms with Crippen molar-refractivity contribution < 1.29 is 14.3 Å². The molecule has 112 valence electrons. The lowest BCUT2D eigenvalue weighted by atomic mass is 10.3. The number of carbonyl (C=O) groups is 1. The second-order valence-electron chi connectivity index (χ2n) is 4.70. The zero-order valence-electron chi connectivity index (χ0n) is 12.1. The molecule has 0 saturated heterocycles. The van der Waals surface area contributed by atoms with E-state index >= 15 is 0 Å². The summed E-state index contributed by atoms with van der Waals surface area (Å²) >= 11 is 0. The summed E-state index contributed by atoms with van der Waals surface area (Å²) in [5.74, 6) is 0.695. The van der Waals surface area contributed by atoms with Crippen LogP contribution in [0.3, 0.4) is 0 Å². The van der Waals surface area contributed by atoms with E-state index in [0.717, 1.165) is 25.5 Å². The number of nitrogens with one attached hydrogen (secondary N) is 1.